The molecular weight excluding hydrogens is 340 g/mol. The highest BCUT2D eigenvalue weighted by Crippen LogP contribution is 2.36. The molecule has 0 saturated carbocycles. The first-order chi connectivity index (χ1) is 11.5. The number of anilines is 2. The number of amides is 1. The zero-order valence-corrected chi connectivity index (χ0v) is 14.9. The lowest BCUT2D eigenvalue weighted by atomic mass is 10.2. The molecule has 0 unspecified atom stereocenters. The van der Waals surface area contributed by atoms with Crippen molar-refractivity contribution in [2.45, 2.75) is 0 Å². The standard InChI is InChI=1S/C18H16N2O2S2/c1-19(2)13-6-8-14(9-7-13)20-17(22)16(24-18(20)23)11-12-4-3-5-15(21)10-12/h3-11,21H,1-2H3/b16-11-. The Labute approximate surface area is 150 Å². The van der Waals surface area contributed by atoms with Crippen LogP contribution in [-0.4, -0.2) is 29.4 Å². The van der Waals surface area contributed by atoms with Crippen LogP contribution in [0.25, 0.3) is 6.08 Å². The van der Waals surface area contributed by atoms with Crippen LogP contribution in [-0.2, 0) is 4.79 Å². The van der Waals surface area contributed by atoms with Gasteiger partial charge in [-0.15, -0.1) is 0 Å². The van der Waals surface area contributed by atoms with Crippen LogP contribution in [0.2, 0.25) is 0 Å². The molecule has 2 aromatic rings. The van der Waals surface area contributed by atoms with E-state index in [2.05, 4.69) is 0 Å². The molecule has 6 heteroatoms. The molecule has 2 aromatic carbocycles. The molecule has 3 rings (SSSR count). The number of carbonyl (C=O) groups is 1. The van der Waals surface area contributed by atoms with Crippen LogP contribution in [0, 0.1) is 0 Å². The topological polar surface area (TPSA) is 43.8 Å². The van der Waals surface area contributed by atoms with Crippen molar-refractivity contribution in [2.75, 3.05) is 23.9 Å². The second kappa shape index (κ2) is 6.67. The van der Waals surface area contributed by atoms with Crippen molar-refractivity contribution >= 4 is 51.7 Å². The minimum Gasteiger partial charge on any atom is -0.508 e. The number of hydrogen-bond acceptors (Lipinski definition) is 5. The highest BCUT2D eigenvalue weighted by Gasteiger charge is 2.33. The molecule has 0 aromatic heterocycles. The number of hydrogen-bond donors (Lipinski definition) is 1. The van der Waals surface area contributed by atoms with Gasteiger partial charge in [0.25, 0.3) is 5.91 Å². The zero-order chi connectivity index (χ0) is 17.3. The van der Waals surface area contributed by atoms with Crippen molar-refractivity contribution in [1.29, 1.82) is 0 Å². The van der Waals surface area contributed by atoms with E-state index in [0.717, 1.165) is 16.9 Å². The van der Waals surface area contributed by atoms with Crippen LogP contribution in [0.4, 0.5) is 11.4 Å². The van der Waals surface area contributed by atoms with Gasteiger partial charge in [-0.1, -0.05) is 36.1 Å². The summed E-state index contributed by atoms with van der Waals surface area (Å²) in [7, 11) is 3.93. The Morgan fingerprint density at radius 1 is 1.17 bits per heavy atom. The second-order valence-corrected chi connectivity index (χ2v) is 7.20. The van der Waals surface area contributed by atoms with E-state index in [1.54, 1.807) is 24.3 Å². The highest BCUT2D eigenvalue weighted by atomic mass is 32.2. The third kappa shape index (κ3) is 3.29. The molecule has 1 saturated heterocycles. The molecular formula is C18H16N2O2S2. The number of rotatable bonds is 3. The van der Waals surface area contributed by atoms with E-state index in [0.29, 0.717) is 9.23 Å². The predicted molar refractivity (Wildman–Crippen MR) is 105 cm³/mol. The number of thioether (sulfide) groups is 1. The number of phenols is 1. The van der Waals surface area contributed by atoms with Gasteiger partial charge in [0, 0.05) is 19.8 Å². The summed E-state index contributed by atoms with van der Waals surface area (Å²) in [4.78, 5) is 16.8. The van der Waals surface area contributed by atoms with Gasteiger partial charge < -0.3 is 10.0 Å². The van der Waals surface area contributed by atoms with Gasteiger partial charge in [0.2, 0.25) is 0 Å². The number of thiocarbonyl (C=S) groups is 1. The number of aromatic hydroxyl groups is 1. The number of nitrogens with zero attached hydrogens (tertiary/aromatic N) is 2. The average molecular weight is 356 g/mol. The van der Waals surface area contributed by atoms with Gasteiger partial charge >= 0.3 is 0 Å². The van der Waals surface area contributed by atoms with Gasteiger partial charge in [0.05, 0.1) is 10.6 Å². The Kier molecular flexibility index (Phi) is 4.59. The molecule has 1 N–H and O–H groups in total. The van der Waals surface area contributed by atoms with E-state index >= 15 is 0 Å². The van der Waals surface area contributed by atoms with Gasteiger partial charge in [0.1, 0.15) is 5.75 Å². The first-order valence-corrected chi connectivity index (χ1v) is 8.52. The average Bonchev–Trinajstić information content (AvgIpc) is 2.81. The van der Waals surface area contributed by atoms with Crippen LogP contribution in [0.5, 0.6) is 5.75 Å². The third-order valence-electron chi connectivity index (χ3n) is 3.59. The summed E-state index contributed by atoms with van der Waals surface area (Å²) in [5, 5.41) is 9.54. The summed E-state index contributed by atoms with van der Waals surface area (Å²) in [6.07, 6.45) is 1.74. The van der Waals surface area contributed by atoms with Crippen molar-refractivity contribution < 1.29 is 9.90 Å². The van der Waals surface area contributed by atoms with Crippen molar-refractivity contribution in [3.63, 3.8) is 0 Å². The number of carbonyl (C=O) groups excluding carboxylic acids is 1. The van der Waals surface area contributed by atoms with E-state index in [4.69, 9.17) is 12.2 Å². The van der Waals surface area contributed by atoms with Crippen molar-refractivity contribution in [3.8, 4) is 5.75 Å². The molecule has 0 radical (unpaired) electrons. The molecule has 0 bridgehead atoms. The van der Waals surface area contributed by atoms with Gasteiger partial charge in [-0.25, -0.2) is 0 Å². The Hall–Kier alpha value is -2.31. The molecule has 1 heterocycles. The molecule has 0 spiro atoms. The normalized spacial score (nSPS) is 16.1. The first kappa shape index (κ1) is 16.5. The summed E-state index contributed by atoms with van der Waals surface area (Å²) >= 11 is 6.64. The predicted octanol–water partition coefficient (Wildman–Crippen LogP) is 3.86. The smallest absolute Gasteiger partial charge is 0.270 e. The summed E-state index contributed by atoms with van der Waals surface area (Å²) in [6, 6.07) is 14.4. The minimum atomic E-state index is -0.147. The van der Waals surface area contributed by atoms with Gasteiger partial charge in [-0.2, -0.15) is 0 Å². The molecule has 1 aliphatic heterocycles. The van der Waals surface area contributed by atoms with E-state index in [9.17, 15) is 9.90 Å². The van der Waals surface area contributed by atoms with E-state index < -0.39 is 0 Å². The van der Waals surface area contributed by atoms with Gasteiger partial charge in [0.15, 0.2) is 4.32 Å². The Balaban J connectivity index is 1.89. The summed E-state index contributed by atoms with van der Waals surface area (Å²) in [5.74, 6) is 0.0180. The number of phenolic OH excluding ortho intramolecular Hbond substituents is 1. The molecule has 24 heavy (non-hydrogen) atoms. The molecule has 122 valence electrons. The Morgan fingerprint density at radius 3 is 2.50 bits per heavy atom. The van der Waals surface area contributed by atoms with Crippen LogP contribution in [0.1, 0.15) is 5.56 Å². The van der Waals surface area contributed by atoms with E-state index in [1.165, 1.54) is 16.7 Å². The third-order valence-corrected chi connectivity index (χ3v) is 4.89. The Bertz CT molecular complexity index is 829. The lowest BCUT2D eigenvalue weighted by molar-refractivity contribution is -0.113. The van der Waals surface area contributed by atoms with Crippen LogP contribution >= 0.6 is 24.0 Å². The fourth-order valence-electron chi connectivity index (χ4n) is 2.36. The molecule has 0 atom stereocenters. The molecule has 1 amide bonds. The lowest BCUT2D eigenvalue weighted by Crippen LogP contribution is -2.27. The highest BCUT2D eigenvalue weighted by molar-refractivity contribution is 8.27. The van der Waals surface area contributed by atoms with Gasteiger partial charge in [-0.3, -0.25) is 9.69 Å². The zero-order valence-electron chi connectivity index (χ0n) is 13.3. The summed E-state index contributed by atoms with van der Waals surface area (Å²) < 4.78 is 0.504. The second-order valence-electron chi connectivity index (χ2n) is 5.52. The van der Waals surface area contributed by atoms with Crippen molar-refractivity contribution in [3.05, 3.63) is 59.0 Å². The van der Waals surface area contributed by atoms with Crippen LogP contribution in [0.15, 0.2) is 53.4 Å². The molecule has 0 aliphatic carbocycles. The summed E-state index contributed by atoms with van der Waals surface area (Å²) in [5.41, 5.74) is 2.57. The fourth-order valence-corrected chi connectivity index (χ4v) is 3.66. The molecule has 4 nitrogen and oxygen atoms in total. The minimum absolute atomic E-state index is 0.147. The SMILES string of the molecule is CN(C)c1ccc(N2C(=O)/C(=C/c3cccc(O)c3)SC2=S)cc1. The van der Waals surface area contributed by atoms with Crippen molar-refractivity contribution in [2.24, 2.45) is 0 Å². The van der Waals surface area contributed by atoms with Crippen molar-refractivity contribution in [1.82, 2.24) is 0 Å². The summed E-state index contributed by atoms with van der Waals surface area (Å²) in [6.45, 7) is 0. The lowest BCUT2D eigenvalue weighted by Gasteiger charge is -2.17. The maximum absolute atomic E-state index is 12.7. The Morgan fingerprint density at radius 2 is 1.88 bits per heavy atom. The quantitative estimate of drug-likeness (QED) is 0.668. The first-order valence-electron chi connectivity index (χ1n) is 7.30. The van der Waals surface area contributed by atoms with E-state index in [1.807, 2.05) is 49.3 Å². The maximum Gasteiger partial charge on any atom is 0.270 e. The largest absolute Gasteiger partial charge is 0.508 e. The molecule has 1 aliphatic rings. The fraction of sp³-hybridized carbons (Fsp3) is 0.111. The molecule has 1 fully saturated rings. The number of benzene rings is 2. The van der Waals surface area contributed by atoms with E-state index in [-0.39, 0.29) is 11.7 Å². The van der Waals surface area contributed by atoms with Gasteiger partial charge in [-0.05, 0) is 48.0 Å². The van der Waals surface area contributed by atoms with Crippen LogP contribution in [0.3, 0.4) is 0 Å². The monoisotopic (exact) mass is 356 g/mol. The van der Waals surface area contributed by atoms with Crippen LogP contribution < -0.4 is 9.80 Å². The maximum atomic E-state index is 12.7.